The number of Topliss-reactive ketones (excluding diaryl/α,β-unsaturated/α-hetero) is 1. The van der Waals surface area contributed by atoms with Gasteiger partial charge in [0.05, 0.1) is 0 Å². The molecule has 1 aliphatic carbocycles. The molecule has 0 saturated heterocycles. The molecule has 2 heteroatoms. The number of carbonyl (C=O) groups is 1. The van der Waals surface area contributed by atoms with E-state index in [1.807, 2.05) is 30.0 Å². The molecule has 16 heavy (non-hydrogen) atoms. The lowest BCUT2D eigenvalue weighted by Crippen LogP contribution is -2.27. The van der Waals surface area contributed by atoms with Gasteiger partial charge in [0, 0.05) is 22.1 Å². The fraction of sp³-hybridized carbons (Fsp3) is 0.500. The number of fused-ring (bicyclic) bond motifs is 2. The summed E-state index contributed by atoms with van der Waals surface area (Å²) in [7, 11) is 0. The molecular weight excluding hydrogens is 216 g/mol. The van der Waals surface area contributed by atoms with E-state index in [1.54, 1.807) is 0 Å². The van der Waals surface area contributed by atoms with Crippen molar-refractivity contribution in [3.05, 3.63) is 29.8 Å². The molecule has 1 aromatic rings. The van der Waals surface area contributed by atoms with Crippen molar-refractivity contribution in [3.8, 4) is 0 Å². The van der Waals surface area contributed by atoms with E-state index in [9.17, 15) is 4.79 Å². The summed E-state index contributed by atoms with van der Waals surface area (Å²) in [4.78, 5) is 13.7. The van der Waals surface area contributed by atoms with Crippen molar-refractivity contribution in [1.29, 1.82) is 0 Å². The maximum atomic E-state index is 12.5. The Morgan fingerprint density at radius 3 is 2.88 bits per heavy atom. The van der Waals surface area contributed by atoms with Crippen LogP contribution in [0.25, 0.3) is 0 Å². The van der Waals surface area contributed by atoms with Gasteiger partial charge in [-0.3, -0.25) is 4.79 Å². The summed E-state index contributed by atoms with van der Waals surface area (Å²) in [5, 5.41) is 0. The largest absolute Gasteiger partial charge is 0.294 e. The highest BCUT2D eigenvalue weighted by atomic mass is 32.2. The molecule has 0 aromatic heterocycles. The summed E-state index contributed by atoms with van der Waals surface area (Å²) in [6, 6.07) is 8.12. The average molecular weight is 232 g/mol. The first-order valence-electron chi connectivity index (χ1n) is 6.12. The van der Waals surface area contributed by atoms with Gasteiger partial charge in [0.25, 0.3) is 0 Å². The fourth-order valence-corrected chi connectivity index (χ4v) is 4.24. The van der Waals surface area contributed by atoms with Crippen LogP contribution in [0.3, 0.4) is 0 Å². The lowest BCUT2D eigenvalue weighted by molar-refractivity contribution is 0.0840. The maximum absolute atomic E-state index is 12.5. The average Bonchev–Trinajstić information content (AvgIpc) is 2.49. The lowest BCUT2D eigenvalue weighted by atomic mass is 9.76. The second kappa shape index (κ2) is 4.25. The van der Waals surface area contributed by atoms with Crippen LogP contribution in [0, 0.1) is 11.8 Å². The van der Waals surface area contributed by atoms with Crippen LogP contribution in [-0.2, 0) is 0 Å². The Balaban J connectivity index is 1.99. The SMILES string of the molecule is O=C1c2ccccc2SCC2CCCCC12. The third-order valence-corrected chi connectivity index (χ3v) is 5.11. The van der Waals surface area contributed by atoms with Gasteiger partial charge in [-0.05, 0) is 24.8 Å². The van der Waals surface area contributed by atoms with Gasteiger partial charge in [0.2, 0.25) is 0 Å². The van der Waals surface area contributed by atoms with Crippen molar-refractivity contribution in [2.75, 3.05) is 5.75 Å². The third kappa shape index (κ3) is 1.69. The van der Waals surface area contributed by atoms with E-state index in [0.717, 1.165) is 17.7 Å². The first kappa shape index (κ1) is 10.4. The van der Waals surface area contributed by atoms with Crippen LogP contribution in [0.4, 0.5) is 0 Å². The molecule has 0 radical (unpaired) electrons. The van der Waals surface area contributed by atoms with E-state index < -0.39 is 0 Å². The van der Waals surface area contributed by atoms with Gasteiger partial charge in [-0.25, -0.2) is 0 Å². The molecule has 2 atom stereocenters. The normalized spacial score (nSPS) is 29.1. The Morgan fingerprint density at radius 1 is 1.12 bits per heavy atom. The van der Waals surface area contributed by atoms with Gasteiger partial charge in [0.1, 0.15) is 0 Å². The topological polar surface area (TPSA) is 17.1 Å². The third-order valence-electron chi connectivity index (χ3n) is 3.85. The van der Waals surface area contributed by atoms with Crippen LogP contribution in [0.5, 0.6) is 0 Å². The summed E-state index contributed by atoms with van der Waals surface area (Å²) in [6.07, 6.45) is 4.90. The zero-order chi connectivity index (χ0) is 11.0. The molecule has 0 bridgehead atoms. The van der Waals surface area contributed by atoms with Gasteiger partial charge in [-0.2, -0.15) is 0 Å². The second-order valence-electron chi connectivity index (χ2n) is 4.82. The minimum atomic E-state index is 0.310. The molecule has 0 amide bonds. The van der Waals surface area contributed by atoms with Gasteiger partial charge < -0.3 is 0 Å². The zero-order valence-corrected chi connectivity index (χ0v) is 10.1. The summed E-state index contributed by atoms with van der Waals surface area (Å²) in [6.45, 7) is 0. The molecular formula is C14H16OS. The predicted octanol–water partition coefficient (Wildman–Crippen LogP) is 3.78. The van der Waals surface area contributed by atoms with E-state index in [0.29, 0.717) is 17.6 Å². The standard InChI is InChI=1S/C14H16OS/c15-14-11-6-2-1-5-10(11)9-16-13-8-4-3-7-12(13)14/h3-4,7-8,10-11H,1-2,5-6,9H2. The highest BCUT2D eigenvalue weighted by molar-refractivity contribution is 7.99. The van der Waals surface area contributed by atoms with Crippen LogP contribution >= 0.6 is 11.8 Å². The Hall–Kier alpha value is -0.760. The molecule has 1 aromatic carbocycles. The Labute approximate surface area is 101 Å². The molecule has 1 nitrogen and oxygen atoms in total. The smallest absolute Gasteiger partial charge is 0.167 e. The van der Waals surface area contributed by atoms with E-state index in [4.69, 9.17) is 0 Å². The Bertz CT molecular complexity index is 413. The molecule has 2 aliphatic rings. The predicted molar refractivity (Wildman–Crippen MR) is 66.9 cm³/mol. The number of rotatable bonds is 0. The van der Waals surface area contributed by atoms with Crippen molar-refractivity contribution in [1.82, 2.24) is 0 Å². The van der Waals surface area contributed by atoms with Crippen LogP contribution < -0.4 is 0 Å². The second-order valence-corrected chi connectivity index (χ2v) is 5.88. The minimum absolute atomic E-state index is 0.310. The Morgan fingerprint density at radius 2 is 1.94 bits per heavy atom. The molecule has 84 valence electrons. The first-order valence-corrected chi connectivity index (χ1v) is 7.11. The van der Waals surface area contributed by atoms with E-state index in [2.05, 4.69) is 6.07 Å². The molecule has 0 N–H and O–H groups in total. The van der Waals surface area contributed by atoms with Crippen molar-refractivity contribution < 1.29 is 4.79 Å². The van der Waals surface area contributed by atoms with E-state index in [-0.39, 0.29) is 0 Å². The number of thioether (sulfide) groups is 1. The molecule has 3 rings (SSSR count). The molecule has 1 aliphatic heterocycles. The molecule has 2 unspecified atom stereocenters. The van der Waals surface area contributed by atoms with E-state index >= 15 is 0 Å². The monoisotopic (exact) mass is 232 g/mol. The number of carbonyl (C=O) groups excluding carboxylic acids is 1. The van der Waals surface area contributed by atoms with Gasteiger partial charge in [-0.1, -0.05) is 31.0 Å². The zero-order valence-electron chi connectivity index (χ0n) is 9.32. The van der Waals surface area contributed by atoms with Gasteiger partial charge in [-0.15, -0.1) is 11.8 Å². The van der Waals surface area contributed by atoms with E-state index in [1.165, 1.54) is 24.2 Å². The summed E-state index contributed by atoms with van der Waals surface area (Å²) < 4.78 is 0. The fourth-order valence-electron chi connectivity index (χ4n) is 2.94. The van der Waals surface area contributed by atoms with Crippen LogP contribution in [-0.4, -0.2) is 11.5 Å². The van der Waals surface area contributed by atoms with Crippen molar-refractivity contribution in [2.24, 2.45) is 11.8 Å². The number of hydrogen-bond acceptors (Lipinski definition) is 2. The van der Waals surface area contributed by atoms with Crippen LogP contribution in [0.2, 0.25) is 0 Å². The van der Waals surface area contributed by atoms with Gasteiger partial charge in [0.15, 0.2) is 5.78 Å². The Kier molecular flexibility index (Phi) is 2.76. The first-order chi connectivity index (χ1) is 7.86. The maximum Gasteiger partial charge on any atom is 0.167 e. The highest BCUT2D eigenvalue weighted by Crippen LogP contribution is 2.41. The highest BCUT2D eigenvalue weighted by Gasteiger charge is 2.34. The van der Waals surface area contributed by atoms with Crippen molar-refractivity contribution in [3.63, 3.8) is 0 Å². The summed E-state index contributed by atoms with van der Waals surface area (Å²) in [5.41, 5.74) is 0.974. The summed E-state index contributed by atoms with van der Waals surface area (Å²) in [5.74, 6) is 2.47. The lowest BCUT2D eigenvalue weighted by Gasteiger charge is -2.28. The van der Waals surface area contributed by atoms with Crippen LogP contribution in [0.1, 0.15) is 36.0 Å². The molecule has 1 saturated carbocycles. The van der Waals surface area contributed by atoms with Crippen molar-refractivity contribution >= 4 is 17.5 Å². The molecule has 1 fully saturated rings. The quantitative estimate of drug-likeness (QED) is 0.677. The number of ketones is 1. The van der Waals surface area contributed by atoms with Crippen LogP contribution in [0.15, 0.2) is 29.2 Å². The van der Waals surface area contributed by atoms with Crippen molar-refractivity contribution in [2.45, 2.75) is 30.6 Å². The minimum Gasteiger partial charge on any atom is -0.294 e. The summed E-state index contributed by atoms with van der Waals surface area (Å²) >= 11 is 1.88. The molecule has 0 spiro atoms. The van der Waals surface area contributed by atoms with Gasteiger partial charge >= 0.3 is 0 Å². The molecule has 1 heterocycles. The number of benzene rings is 1. The number of hydrogen-bond donors (Lipinski definition) is 0.